The fraction of sp³-hybridized carbons (Fsp3) is 0.333. The van der Waals surface area contributed by atoms with Crippen LogP contribution in [0.15, 0.2) is 24.3 Å². The van der Waals surface area contributed by atoms with Crippen LogP contribution in [-0.2, 0) is 7.05 Å². The Hall–Kier alpha value is -2.45. The number of hydrogen-bond acceptors (Lipinski definition) is 5. The zero-order valence-corrected chi connectivity index (χ0v) is 15.5. The molecule has 3 N–H and O–H groups in total. The van der Waals surface area contributed by atoms with Gasteiger partial charge in [-0.15, -0.1) is 0 Å². The van der Waals surface area contributed by atoms with E-state index < -0.39 is 12.0 Å². The molecule has 6 nitrogen and oxygen atoms in total. The van der Waals surface area contributed by atoms with Crippen LogP contribution in [0.1, 0.15) is 5.56 Å². The minimum absolute atomic E-state index is 0.0217. The summed E-state index contributed by atoms with van der Waals surface area (Å²) in [7, 11) is 1.81. The van der Waals surface area contributed by atoms with Gasteiger partial charge in [0.2, 0.25) is 0 Å². The van der Waals surface area contributed by atoms with E-state index in [0.717, 1.165) is 11.1 Å². The average Bonchev–Trinajstić information content (AvgIpc) is 3.07. The number of phenols is 1. The Bertz CT molecular complexity index is 1010. The lowest BCUT2D eigenvalue weighted by molar-refractivity contribution is 0.0138. The van der Waals surface area contributed by atoms with E-state index in [2.05, 4.69) is 20.6 Å². The minimum Gasteiger partial charge on any atom is -0.507 e. The second kappa shape index (κ2) is 6.31. The number of phenolic OH excluding ortho intramolecular Hbond substituents is 1. The van der Waals surface area contributed by atoms with Crippen LogP contribution in [-0.4, -0.2) is 44.7 Å². The lowest BCUT2D eigenvalue weighted by atomic mass is 10.1. The number of pyridine rings is 1. The van der Waals surface area contributed by atoms with Crippen LogP contribution in [0.25, 0.3) is 22.6 Å². The van der Waals surface area contributed by atoms with Gasteiger partial charge in [-0.05, 0) is 36.8 Å². The highest BCUT2D eigenvalue weighted by Crippen LogP contribution is 2.35. The first kappa shape index (κ1) is 17.9. The molecule has 1 aliphatic rings. The number of hydrogen-bond donors (Lipinski definition) is 3. The molecule has 0 aliphatic carbocycles. The van der Waals surface area contributed by atoms with Crippen molar-refractivity contribution in [2.45, 2.75) is 18.9 Å². The monoisotopic (exact) mass is 393 g/mol. The van der Waals surface area contributed by atoms with Crippen LogP contribution in [0.4, 0.5) is 14.6 Å². The Kier molecular flexibility index (Phi) is 4.20. The molecule has 1 fully saturated rings. The third kappa shape index (κ3) is 3.08. The van der Waals surface area contributed by atoms with Gasteiger partial charge in [0.25, 0.3) is 5.92 Å². The molecule has 0 spiro atoms. The summed E-state index contributed by atoms with van der Waals surface area (Å²) in [6.07, 6.45) is 0. The van der Waals surface area contributed by atoms with Gasteiger partial charge in [-0.2, -0.15) is 0 Å². The molecular weight excluding hydrogens is 376 g/mol. The Morgan fingerprint density at radius 1 is 1.33 bits per heavy atom. The van der Waals surface area contributed by atoms with Crippen molar-refractivity contribution in [1.82, 2.24) is 19.9 Å². The predicted octanol–water partition coefficient (Wildman–Crippen LogP) is 3.32. The molecule has 142 valence electrons. The summed E-state index contributed by atoms with van der Waals surface area (Å²) < 4.78 is 29.4. The molecule has 0 radical (unpaired) electrons. The average molecular weight is 394 g/mol. The number of fused-ring (bicyclic) bond motifs is 1. The molecule has 0 bridgehead atoms. The Labute approximate surface area is 159 Å². The van der Waals surface area contributed by atoms with Crippen LogP contribution < -0.4 is 10.6 Å². The quantitative estimate of drug-likeness (QED) is 0.636. The molecule has 2 aromatic heterocycles. The smallest absolute Gasteiger partial charge is 0.281 e. The summed E-state index contributed by atoms with van der Waals surface area (Å²) in [5.74, 6) is -1.96. The number of aromatic nitrogens is 3. The Morgan fingerprint density at radius 3 is 2.78 bits per heavy atom. The van der Waals surface area contributed by atoms with Gasteiger partial charge in [0, 0.05) is 18.6 Å². The van der Waals surface area contributed by atoms with Gasteiger partial charge in [-0.1, -0.05) is 11.6 Å². The van der Waals surface area contributed by atoms with Crippen molar-refractivity contribution in [1.29, 1.82) is 0 Å². The molecule has 1 aromatic carbocycles. The second-order valence-electron chi connectivity index (χ2n) is 6.74. The lowest BCUT2D eigenvalue weighted by Crippen LogP contribution is -2.38. The standard InChI is InChI=1S/C18H18ClF2N5O/c1-9-5-10(19)6-12(27)15(9)17-25-16-11(26(17)2)3-4-14(24-16)23-13-7-22-8-18(13,20)21/h3-6,13,22,27H,7-8H2,1-2H3,(H,23,24). The zero-order chi connectivity index (χ0) is 19.3. The summed E-state index contributed by atoms with van der Waals surface area (Å²) in [4.78, 5) is 8.89. The number of nitrogens with one attached hydrogen (secondary N) is 2. The molecule has 1 saturated heterocycles. The molecule has 4 rings (SSSR count). The maximum absolute atomic E-state index is 13.8. The number of aryl methyl sites for hydroxylation is 2. The van der Waals surface area contributed by atoms with Crippen molar-refractivity contribution >= 4 is 28.6 Å². The van der Waals surface area contributed by atoms with Crippen LogP contribution in [0.3, 0.4) is 0 Å². The van der Waals surface area contributed by atoms with Crippen molar-refractivity contribution in [2.75, 3.05) is 18.4 Å². The fourth-order valence-electron chi connectivity index (χ4n) is 3.39. The highest BCUT2D eigenvalue weighted by atomic mass is 35.5. The number of anilines is 1. The normalized spacial score (nSPS) is 18.9. The zero-order valence-electron chi connectivity index (χ0n) is 14.7. The molecule has 27 heavy (non-hydrogen) atoms. The van der Waals surface area contributed by atoms with Crippen molar-refractivity contribution in [2.24, 2.45) is 7.05 Å². The van der Waals surface area contributed by atoms with Crippen LogP contribution in [0.2, 0.25) is 5.02 Å². The van der Waals surface area contributed by atoms with E-state index in [1.165, 1.54) is 6.07 Å². The highest BCUT2D eigenvalue weighted by molar-refractivity contribution is 6.31. The number of nitrogens with zero attached hydrogens (tertiary/aromatic N) is 3. The van der Waals surface area contributed by atoms with Crippen LogP contribution in [0.5, 0.6) is 5.75 Å². The van der Waals surface area contributed by atoms with Crippen molar-refractivity contribution in [3.05, 3.63) is 34.9 Å². The second-order valence-corrected chi connectivity index (χ2v) is 7.18. The Morgan fingerprint density at radius 2 is 2.11 bits per heavy atom. The van der Waals surface area contributed by atoms with Gasteiger partial charge in [0.15, 0.2) is 5.65 Å². The van der Waals surface area contributed by atoms with E-state index in [4.69, 9.17) is 11.6 Å². The third-order valence-electron chi connectivity index (χ3n) is 4.79. The number of aromatic hydroxyl groups is 1. The molecule has 1 aliphatic heterocycles. The topological polar surface area (TPSA) is 75.0 Å². The largest absolute Gasteiger partial charge is 0.507 e. The van der Waals surface area contributed by atoms with Gasteiger partial charge in [-0.25, -0.2) is 18.7 Å². The van der Waals surface area contributed by atoms with Crippen molar-refractivity contribution in [3.8, 4) is 17.1 Å². The van der Waals surface area contributed by atoms with E-state index in [1.807, 2.05) is 14.0 Å². The van der Waals surface area contributed by atoms with E-state index in [0.29, 0.717) is 27.9 Å². The SMILES string of the molecule is Cc1cc(Cl)cc(O)c1-c1nc2nc(NC3CNCC3(F)F)ccc2n1C. The number of imidazole rings is 1. The van der Waals surface area contributed by atoms with Gasteiger partial charge >= 0.3 is 0 Å². The lowest BCUT2D eigenvalue weighted by Gasteiger charge is -2.19. The molecule has 0 amide bonds. The number of rotatable bonds is 3. The summed E-state index contributed by atoms with van der Waals surface area (Å²) in [5, 5.41) is 16.2. The third-order valence-corrected chi connectivity index (χ3v) is 5.01. The van der Waals surface area contributed by atoms with Gasteiger partial charge < -0.3 is 20.3 Å². The highest BCUT2D eigenvalue weighted by Gasteiger charge is 2.44. The Balaban J connectivity index is 1.74. The summed E-state index contributed by atoms with van der Waals surface area (Å²) in [6, 6.07) is 5.60. The van der Waals surface area contributed by atoms with Crippen molar-refractivity contribution in [3.63, 3.8) is 0 Å². The first-order valence-corrected chi connectivity index (χ1v) is 8.82. The number of alkyl halides is 2. The van der Waals surface area contributed by atoms with E-state index in [9.17, 15) is 13.9 Å². The van der Waals surface area contributed by atoms with Gasteiger partial charge in [0.05, 0.1) is 17.6 Å². The first-order chi connectivity index (χ1) is 12.8. The number of benzene rings is 1. The first-order valence-electron chi connectivity index (χ1n) is 8.44. The van der Waals surface area contributed by atoms with Crippen LogP contribution in [0, 0.1) is 6.92 Å². The van der Waals surface area contributed by atoms with Gasteiger partial charge in [0.1, 0.15) is 23.4 Å². The maximum Gasteiger partial charge on any atom is 0.281 e. The molecular formula is C18H18ClF2N5O. The molecule has 1 atom stereocenters. The maximum atomic E-state index is 13.8. The molecule has 9 heteroatoms. The minimum atomic E-state index is -2.84. The fourth-order valence-corrected chi connectivity index (χ4v) is 3.65. The van der Waals surface area contributed by atoms with E-state index >= 15 is 0 Å². The molecule has 3 aromatic rings. The van der Waals surface area contributed by atoms with Gasteiger partial charge in [-0.3, -0.25) is 0 Å². The summed E-state index contributed by atoms with van der Waals surface area (Å²) in [6.45, 7) is 1.64. The molecule has 1 unspecified atom stereocenters. The van der Waals surface area contributed by atoms with Crippen LogP contribution >= 0.6 is 11.6 Å². The molecule has 3 heterocycles. The van der Waals surface area contributed by atoms with Crippen molar-refractivity contribution < 1.29 is 13.9 Å². The predicted molar refractivity (Wildman–Crippen MR) is 101 cm³/mol. The summed E-state index contributed by atoms with van der Waals surface area (Å²) >= 11 is 5.98. The van der Waals surface area contributed by atoms with E-state index in [-0.39, 0.29) is 18.8 Å². The summed E-state index contributed by atoms with van der Waals surface area (Å²) in [5.41, 5.74) is 2.45. The van der Waals surface area contributed by atoms with E-state index in [1.54, 1.807) is 22.8 Å². The number of halogens is 3. The molecule has 0 saturated carbocycles.